The Hall–Kier alpha value is -0.0800. The second-order valence-electron chi connectivity index (χ2n) is 7.06. The van der Waals surface area contributed by atoms with E-state index in [4.69, 9.17) is 0 Å². The lowest BCUT2D eigenvalue weighted by Crippen LogP contribution is -2.53. The van der Waals surface area contributed by atoms with Gasteiger partial charge in [0.1, 0.15) is 0 Å². The molecule has 2 rings (SSSR count). The number of nitrogens with one attached hydrogen (secondary N) is 1. The van der Waals surface area contributed by atoms with Crippen molar-refractivity contribution >= 4 is 0 Å². The molecule has 1 spiro atoms. The largest absolute Gasteiger partial charge is 0.310 e. The second-order valence-corrected chi connectivity index (χ2v) is 7.06. The molecule has 1 saturated heterocycles. The van der Waals surface area contributed by atoms with Crippen molar-refractivity contribution in [2.24, 2.45) is 5.92 Å². The standard InChI is InChI=1S/C16H32N2/c1-14(2)8-12-18-13-16(9-5-4-6-10-16)17-11-7-15(18)3/h14-15,17H,4-13H2,1-3H3. The zero-order valence-corrected chi connectivity index (χ0v) is 12.7. The van der Waals surface area contributed by atoms with Crippen molar-refractivity contribution in [3.05, 3.63) is 0 Å². The Bertz CT molecular complexity index is 243. The number of rotatable bonds is 3. The molecule has 1 aliphatic heterocycles. The van der Waals surface area contributed by atoms with Gasteiger partial charge < -0.3 is 5.32 Å². The fourth-order valence-corrected chi connectivity index (χ4v) is 3.62. The molecule has 1 saturated carbocycles. The summed E-state index contributed by atoms with van der Waals surface area (Å²) in [5.41, 5.74) is 0.458. The van der Waals surface area contributed by atoms with Gasteiger partial charge in [-0.05, 0) is 51.6 Å². The molecule has 0 aromatic carbocycles. The lowest BCUT2D eigenvalue weighted by molar-refractivity contribution is 0.132. The average Bonchev–Trinajstić information content (AvgIpc) is 2.48. The molecule has 0 bridgehead atoms. The summed E-state index contributed by atoms with van der Waals surface area (Å²) in [6.45, 7) is 10.9. The van der Waals surface area contributed by atoms with Gasteiger partial charge in [0.2, 0.25) is 0 Å². The molecule has 2 aliphatic rings. The van der Waals surface area contributed by atoms with E-state index in [1.165, 1.54) is 64.6 Å². The summed E-state index contributed by atoms with van der Waals surface area (Å²) in [7, 11) is 0. The van der Waals surface area contributed by atoms with Gasteiger partial charge >= 0.3 is 0 Å². The highest BCUT2D eigenvalue weighted by molar-refractivity contribution is 4.96. The molecule has 18 heavy (non-hydrogen) atoms. The van der Waals surface area contributed by atoms with E-state index in [0.717, 1.165) is 12.0 Å². The van der Waals surface area contributed by atoms with Crippen LogP contribution in [0.25, 0.3) is 0 Å². The van der Waals surface area contributed by atoms with Gasteiger partial charge in [-0.1, -0.05) is 33.1 Å². The fourth-order valence-electron chi connectivity index (χ4n) is 3.62. The third kappa shape index (κ3) is 3.71. The molecule has 1 N–H and O–H groups in total. The number of hydrogen-bond acceptors (Lipinski definition) is 2. The van der Waals surface area contributed by atoms with E-state index in [2.05, 4.69) is 31.0 Å². The molecule has 2 nitrogen and oxygen atoms in total. The summed E-state index contributed by atoms with van der Waals surface area (Å²) in [4.78, 5) is 2.77. The molecule has 2 fully saturated rings. The normalized spacial score (nSPS) is 29.7. The van der Waals surface area contributed by atoms with Crippen molar-refractivity contribution in [3.8, 4) is 0 Å². The fraction of sp³-hybridized carbons (Fsp3) is 1.00. The first-order valence-corrected chi connectivity index (χ1v) is 8.10. The van der Waals surface area contributed by atoms with Crippen LogP contribution < -0.4 is 5.32 Å². The number of hydrogen-bond donors (Lipinski definition) is 1. The minimum absolute atomic E-state index is 0.458. The topological polar surface area (TPSA) is 15.3 Å². The average molecular weight is 252 g/mol. The van der Waals surface area contributed by atoms with Crippen molar-refractivity contribution in [1.29, 1.82) is 0 Å². The molecule has 0 aromatic heterocycles. The molecule has 1 atom stereocenters. The molecule has 0 radical (unpaired) electrons. The Morgan fingerprint density at radius 1 is 1.22 bits per heavy atom. The SMILES string of the molecule is CC(C)CCN1CC2(CCCCC2)NCCC1C. The highest BCUT2D eigenvalue weighted by atomic mass is 15.2. The predicted octanol–water partition coefficient (Wildman–Crippen LogP) is 3.42. The van der Waals surface area contributed by atoms with Gasteiger partial charge in [-0.15, -0.1) is 0 Å². The van der Waals surface area contributed by atoms with Crippen molar-refractivity contribution in [2.75, 3.05) is 19.6 Å². The monoisotopic (exact) mass is 252 g/mol. The van der Waals surface area contributed by atoms with Gasteiger partial charge in [-0.3, -0.25) is 4.90 Å². The first-order chi connectivity index (χ1) is 8.61. The summed E-state index contributed by atoms with van der Waals surface area (Å²) < 4.78 is 0. The summed E-state index contributed by atoms with van der Waals surface area (Å²) in [6, 6.07) is 0.762. The van der Waals surface area contributed by atoms with Gasteiger partial charge in [0.25, 0.3) is 0 Å². The quantitative estimate of drug-likeness (QED) is 0.828. The highest BCUT2D eigenvalue weighted by Gasteiger charge is 2.36. The Labute approximate surface area is 114 Å². The first-order valence-electron chi connectivity index (χ1n) is 8.10. The maximum atomic E-state index is 3.90. The Morgan fingerprint density at radius 2 is 1.94 bits per heavy atom. The van der Waals surface area contributed by atoms with Gasteiger partial charge in [0, 0.05) is 18.1 Å². The lowest BCUT2D eigenvalue weighted by atomic mass is 9.81. The van der Waals surface area contributed by atoms with Crippen LogP contribution in [-0.2, 0) is 0 Å². The molecule has 1 unspecified atom stereocenters. The van der Waals surface area contributed by atoms with Crippen LogP contribution in [0.4, 0.5) is 0 Å². The zero-order chi connectivity index (χ0) is 13.0. The van der Waals surface area contributed by atoms with Crippen LogP contribution in [0.1, 0.15) is 65.7 Å². The lowest BCUT2D eigenvalue weighted by Gasteiger charge is -2.41. The molecular formula is C16H32N2. The molecule has 0 amide bonds. The smallest absolute Gasteiger partial charge is 0.0308 e. The van der Waals surface area contributed by atoms with Crippen LogP contribution in [0.3, 0.4) is 0 Å². The Balaban J connectivity index is 1.97. The van der Waals surface area contributed by atoms with Crippen LogP contribution in [0.5, 0.6) is 0 Å². The van der Waals surface area contributed by atoms with Crippen molar-refractivity contribution in [3.63, 3.8) is 0 Å². The van der Waals surface area contributed by atoms with E-state index in [9.17, 15) is 0 Å². The van der Waals surface area contributed by atoms with Crippen LogP contribution in [-0.4, -0.2) is 36.1 Å². The van der Waals surface area contributed by atoms with Gasteiger partial charge in [-0.2, -0.15) is 0 Å². The van der Waals surface area contributed by atoms with E-state index in [1.807, 2.05) is 0 Å². The first kappa shape index (κ1) is 14.3. The third-order valence-electron chi connectivity index (χ3n) is 5.00. The van der Waals surface area contributed by atoms with E-state index in [0.29, 0.717) is 5.54 Å². The number of nitrogens with zero attached hydrogens (tertiary/aromatic N) is 1. The second kappa shape index (κ2) is 6.38. The highest BCUT2D eigenvalue weighted by Crippen LogP contribution is 2.31. The van der Waals surface area contributed by atoms with E-state index in [1.54, 1.807) is 0 Å². The van der Waals surface area contributed by atoms with E-state index >= 15 is 0 Å². The summed E-state index contributed by atoms with van der Waals surface area (Å²) >= 11 is 0. The van der Waals surface area contributed by atoms with Crippen molar-refractivity contribution < 1.29 is 0 Å². The van der Waals surface area contributed by atoms with Crippen LogP contribution in [0.15, 0.2) is 0 Å². The van der Waals surface area contributed by atoms with Gasteiger partial charge in [0.05, 0.1) is 0 Å². The van der Waals surface area contributed by atoms with E-state index in [-0.39, 0.29) is 0 Å². The van der Waals surface area contributed by atoms with Gasteiger partial charge in [0.15, 0.2) is 0 Å². The predicted molar refractivity (Wildman–Crippen MR) is 78.9 cm³/mol. The molecule has 1 aliphatic carbocycles. The summed E-state index contributed by atoms with van der Waals surface area (Å²) in [5, 5.41) is 3.90. The molecule has 2 heteroatoms. The minimum Gasteiger partial charge on any atom is -0.310 e. The molecule has 0 aromatic rings. The Kier molecular flexibility index (Phi) is 5.08. The van der Waals surface area contributed by atoms with Crippen molar-refractivity contribution in [1.82, 2.24) is 10.2 Å². The molecule has 106 valence electrons. The van der Waals surface area contributed by atoms with Gasteiger partial charge in [-0.25, -0.2) is 0 Å². The Morgan fingerprint density at radius 3 is 2.61 bits per heavy atom. The summed E-state index contributed by atoms with van der Waals surface area (Å²) in [6.07, 6.45) is 9.78. The minimum atomic E-state index is 0.458. The molecule has 1 heterocycles. The summed E-state index contributed by atoms with van der Waals surface area (Å²) in [5.74, 6) is 0.829. The zero-order valence-electron chi connectivity index (χ0n) is 12.7. The van der Waals surface area contributed by atoms with Crippen LogP contribution >= 0.6 is 0 Å². The molecular weight excluding hydrogens is 220 g/mol. The van der Waals surface area contributed by atoms with Crippen molar-refractivity contribution in [2.45, 2.75) is 77.3 Å². The van der Waals surface area contributed by atoms with Crippen LogP contribution in [0.2, 0.25) is 0 Å². The van der Waals surface area contributed by atoms with E-state index < -0.39 is 0 Å². The van der Waals surface area contributed by atoms with Crippen LogP contribution in [0, 0.1) is 5.92 Å². The maximum Gasteiger partial charge on any atom is 0.0308 e. The maximum absolute atomic E-state index is 3.90. The third-order valence-corrected chi connectivity index (χ3v) is 5.00.